The van der Waals surface area contributed by atoms with Crippen LogP contribution in [0.4, 0.5) is 4.39 Å². The Morgan fingerprint density at radius 2 is 2.07 bits per heavy atom. The number of hydrogen-bond acceptors (Lipinski definition) is 6. The van der Waals surface area contributed by atoms with Crippen molar-refractivity contribution in [2.45, 2.75) is 13.0 Å². The predicted octanol–water partition coefficient (Wildman–Crippen LogP) is 2.69. The summed E-state index contributed by atoms with van der Waals surface area (Å²) in [4.78, 5) is 41.7. The summed E-state index contributed by atoms with van der Waals surface area (Å²) < 4.78 is 23.1. The van der Waals surface area contributed by atoms with Crippen molar-refractivity contribution in [2.24, 2.45) is 14.1 Å². The number of aryl methyl sites for hydroxylation is 2. The second kappa shape index (κ2) is 7.69. The monoisotopic (exact) mass is 450 g/mol. The number of halogens is 2. The summed E-state index contributed by atoms with van der Waals surface area (Å²) in [7, 11) is 3.22. The van der Waals surface area contributed by atoms with Crippen molar-refractivity contribution < 1.29 is 13.9 Å². The summed E-state index contributed by atoms with van der Waals surface area (Å²) >= 11 is 7.27. The van der Waals surface area contributed by atoms with E-state index in [0.717, 1.165) is 15.9 Å². The molecule has 0 fully saturated rings. The van der Waals surface area contributed by atoms with E-state index in [4.69, 9.17) is 16.3 Å². The van der Waals surface area contributed by atoms with Gasteiger partial charge in [0.1, 0.15) is 10.7 Å². The van der Waals surface area contributed by atoms with Crippen molar-refractivity contribution >= 4 is 50.2 Å². The molecule has 0 saturated carbocycles. The molecule has 0 spiro atoms. The Labute approximate surface area is 177 Å². The molecule has 30 heavy (non-hydrogen) atoms. The van der Waals surface area contributed by atoms with Gasteiger partial charge in [-0.25, -0.2) is 19.0 Å². The molecule has 0 saturated heterocycles. The van der Waals surface area contributed by atoms with E-state index in [1.807, 2.05) is 0 Å². The largest absolute Gasteiger partial charge is 0.461 e. The molecule has 0 atom stereocenters. The predicted molar refractivity (Wildman–Crippen MR) is 112 cm³/mol. The molecule has 4 aromatic rings. The average Bonchev–Trinajstić information content (AvgIpc) is 3.25. The smallest absolute Gasteiger partial charge is 0.349 e. The summed E-state index contributed by atoms with van der Waals surface area (Å²) in [6.07, 6.45) is 1.72. The molecular formula is C19H16ClFN4O4S. The normalized spacial score (nSPS) is 11.5. The lowest BCUT2D eigenvalue weighted by atomic mass is 10.2. The lowest BCUT2D eigenvalue weighted by Gasteiger charge is -2.09. The first-order valence-electron chi connectivity index (χ1n) is 8.95. The summed E-state index contributed by atoms with van der Waals surface area (Å²) in [6, 6.07) is 4.09. The highest BCUT2D eigenvalue weighted by molar-refractivity contribution is 7.21. The second-order valence-corrected chi connectivity index (χ2v) is 8.13. The van der Waals surface area contributed by atoms with Crippen LogP contribution in [0, 0.1) is 5.82 Å². The molecule has 0 bridgehead atoms. The number of aromatic nitrogens is 4. The van der Waals surface area contributed by atoms with E-state index in [-0.39, 0.29) is 29.5 Å². The van der Waals surface area contributed by atoms with Gasteiger partial charge in [-0.3, -0.25) is 13.9 Å². The zero-order valence-corrected chi connectivity index (χ0v) is 17.6. The van der Waals surface area contributed by atoms with Crippen LogP contribution in [-0.2, 0) is 25.4 Å². The van der Waals surface area contributed by atoms with Crippen LogP contribution in [0.3, 0.4) is 0 Å². The van der Waals surface area contributed by atoms with Crippen molar-refractivity contribution in [1.82, 2.24) is 18.7 Å². The van der Waals surface area contributed by atoms with Gasteiger partial charge in [0.05, 0.1) is 18.0 Å². The van der Waals surface area contributed by atoms with Crippen LogP contribution < -0.4 is 11.2 Å². The van der Waals surface area contributed by atoms with Crippen LogP contribution >= 0.6 is 22.9 Å². The molecule has 0 N–H and O–H groups in total. The van der Waals surface area contributed by atoms with Crippen molar-refractivity contribution in [1.29, 1.82) is 0 Å². The van der Waals surface area contributed by atoms with Gasteiger partial charge in [0.2, 0.25) is 0 Å². The Balaban J connectivity index is 1.48. The highest BCUT2D eigenvalue weighted by Gasteiger charge is 2.19. The molecule has 0 aliphatic rings. The van der Waals surface area contributed by atoms with Crippen LogP contribution in [0.5, 0.6) is 0 Å². The summed E-state index contributed by atoms with van der Waals surface area (Å²) in [5.74, 6) is -1.05. The zero-order chi connectivity index (χ0) is 21.6. The SMILES string of the molecule is Cn1cnc2c1c(=O)n(CCCOC(=O)c1sc3cc(F)ccc3c1Cl)c(=O)n2C. The third-order valence-electron chi connectivity index (χ3n) is 4.74. The second-order valence-electron chi connectivity index (χ2n) is 6.70. The number of thiophene rings is 1. The first-order chi connectivity index (χ1) is 14.3. The average molecular weight is 451 g/mol. The van der Waals surface area contributed by atoms with E-state index < -0.39 is 23.0 Å². The van der Waals surface area contributed by atoms with Crippen LogP contribution in [0.25, 0.3) is 21.3 Å². The zero-order valence-electron chi connectivity index (χ0n) is 16.0. The fourth-order valence-corrected chi connectivity index (χ4v) is 4.64. The number of carbonyl (C=O) groups is 1. The van der Waals surface area contributed by atoms with Crippen LogP contribution in [-0.4, -0.2) is 31.3 Å². The lowest BCUT2D eigenvalue weighted by molar-refractivity contribution is 0.0501. The van der Waals surface area contributed by atoms with Gasteiger partial charge >= 0.3 is 11.7 Å². The number of esters is 1. The number of ether oxygens (including phenoxy) is 1. The Morgan fingerprint density at radius 3 is 2.83 bits per heavy atom. The maximum Gasteiger partial charge on any atom is 0.349 e. The fourth-order valence-electron chi connectivity index (χ4n) is 3.22. The molecule has 0 aliphatic carbocycles. The first kappa shape index (κ1) is 20.3. The molecule has 3 heterocycles. The number of benzene rings is 1. The molecule has 11 heteroatoms. The summed E-state index contributed by atoms with van der Waals surface area (Å²) in [6.45, 7) is 0.0576. The van der Waals surface area contributed by atoms with Gasteiger partial charge in [-0.1, -0.05) is 11.6 Å². The third kappa shape index (κ3) is 3.31. The van der Waals surface area contributed by atoms with Gasteiger partial charge in [-0.05, 0) is 24.6 Å². The molecular weight excluding hydrogens is 435 g/mol. The quantitative estimate of drug-likeness (QED) is 0.344. The van der Waals surface area contributed by atoms with Gasteiger partial charge in [0.15, 0.2) is 11.2 Å². The van der Waals surface area contributed by atoms with Crippen LogP contribution in [0.15, 0.2) is 34.1 Å². The van der Waals surface area contributed by atoms with Gasteiger partial charge in [0.25, 0.3) is 5.56 Å². The molecule has 8 nitrogen and oxygen atoms in total. The molecule has 1 aromatic carbocycles. The Bertz CT molecular complexity index is 1420. The minimum absolute atomic E-state index is 0.0171. The molecule has 3 aromatic heterocycles. The lowest BCUT2D eigenvalue weighted by Crippen LogP contribution is -2.39. The maximum atomic E-state index is 13.4. The number of fused-ring (bicyclic) bond motifs is 2. The first-order valence-corrected chi connectivity index (χ1v) is 10.1. The minimum Gasteiger partial charge on any atom is -0.461 e. The Hall–Kier alpha value is -2.98. The van der Waals surface area contributed by atoms with Gasteiger partial charge in [0, 0.05) is 30.7 Å². The summed E-state index contributed by atoms with van der Waals surface area (Å²) in [5.41, 5.74) is -0.314. The molecule has 156 valence electrons. The molecule has 0 aliphatic heterocycles. The van der Waals surface area contributed by atoms with Gasteiger partial charge in [-0.2, -0.15) is 0 Å². The van der Waals surface area contributed by atoms with Crippen molar-refractivity contribution in [3.05, 3.63) is 61.1 Å². The Kier molecular flexibility index (Phi) is 5.20. The Morgan fingerprint density at radius 1 is 1.30 bits per heavy atom. The highest BCUT2D eigenvalue weighted by atomic mass is 35.5. The van der Waals surface area contributed by atoms with E-state index in [1.54, 1.807) is 18.7 Å². The molecule has 0 amide bonds. The van der Waals surface area contributed by atoms with E-state index in [2.05, 4.69) is 4.98 Å². The van der Waals surface area contributed by atoms with E-state index in [9.17, 15) is 18.8 Å². The van der Waals surface area contributed by atoms with Crippen molar-refractivity contribution in [3.8, 4) is 0 Å². The minimum atomic E-state index is -0.635. The molecule has 0 radical (unpaired) electrons. The number of rotatable bonds is 5. The fraction of sp³-hybridized carbons (Fsp3) is 0.263. The number of imidazole rings is 1. The highest BCUT2D eigenvalue weighted by Crippen LogP contribution is 2.36. The van der Waals surface area contributed by atoms with Crippen molar-refractivity contribution in [3.63, 3.8) is 0 Å². The maximum absolute atomic E-state index is 13.4. The number of hydrogen-bond donors (Lipinski definition) is 0. The van der Waals surface area contributed by atoms with Crippen molar-refractivity contribution in [2.75, 3.05) is 6.61 Å². The molecule has 4 rings (SSSR count). The van der Waals surface area contributed by atoms with E-state index in [1.165, 1.54) is 29.1 Å². The van der Waals surface area contributed by atoms with Crippen LogP contribution in [0.1, 0.15) is 16.1 Å². The standard InChI is InChI=1S/C19H16ClFN4O4S/c1-23-9-22-16-14(23)17(26)25(19(28)24(16)2)6-3-7-29-18(27)15-13(20)11-5-4-10(21)8-12(11)30-15/h4-5,8-9H,3,6-7H2,1-2H3. The number of carbonyl (C=O) groups excluding carboxylic acids is 1. The topological polar surface area (TPSA) is 88.1 Å². The number of nitrogens with zero attached hydrogens (tertiary/aromatic N) is 4. The molecule has 0 unspecified atom stereocenters. The van der Waals surface area contributed by atoms with E-state index >= 15 is 0 Å². The van der Waals surface area contributed by atoms with Gasteiger partial charge in [-0.15, -0.1) is 11.3 Å². The van der Waals surface area contributed by atoms with E-state index in [0.29, 0.717) is 21.3 Å². The third-order valence-corrected chi connectivity index (χ3v) is 6.37. The van der Waals surface area contributed by atoms with Crippen LogP contribution in [0.2, 0.25) is 5.02 Å². The van der Waals surface area contributed by atoms with Gasteiger partial charge < -0.3 is 9.30 Å². The summed E-state index contributed by atoms with van der Waals surface area (Å²) in [5, 5.41) is 0.793.